The van der Waals surface area contributed by atoms with Crippen molar-refractivity contribution in [3.8, 4) is 5.75 Å². The van der Waals surface area contributed by atoms with Crippen LogP contribution in [0.1, 0.15) is 6.92 Å². The molecule has 0 saturated heterocycles. The molecule has 0 bridgehead atoms. The van der Waals surface area contributed by atoms with E-state index in [4.69, 9.17) is 32.7 Å². The minimum Gasteiger partial charge on any atom is -0.490 e. The number of ether oxygens (including phenoxy) is 2. The van der Waals surface area contributed by atoms with E-state index in [0.29, 0.717) is 5.75 Å². The van der Waals surface area contributed by atoms with Crippen LogP contribution in [-0.2, 0) is 9.53 Å². The van der Waals surface area contributed by atoms with Gasteiger partial charge in [-0.3, -0.25) is 0 Å². The van der Waals surface area contributed by atoms with Gasteiger partial charge >= 0.3 is 5.97 Å². The summed E-state index contributed by atoms with van der Waals surface area (Å²) in [5.41, 5.74) is -1.47. The predicted molar refractivity (Wildman–Crippen MR) is 71.2 cm³/mol. The largest absolute Gasteiger partial charge is 0.490 e. The SMILES string of the molecule is C[C@@](O)(COc1ccccc1)[C@H]1OC(=O)C(Cl)=C1Cl. The summed E-state index contributed by atoms with van der Waals surface area (Å²) < 4.78 is 10.4. The average Bonchev–Trinajstić information content (AvgIpc) is 2.66. The Labute approximate surface area is 120 Å². The van der Waals surface area contributed by atoms with Crippen molar-refractivity contribution in [2.75, 3.05) is 6.61 Å². The van der Waals surface area contributed by atoms with Crippen molar-refractivity contribution in [2.45, 2.75) is 18.6 Å². The van der Waals surface area contributed by atoms with Gasteiger partial charge in [0.2, 0.25) is 0 Å². The van der Waals surface area contributed by atoms with E-state index < -0.39 is 17.7 Å². The van der Waals surface area contributed by atoms with Gasteiger partial charge in [0.15, 0.2) is 6.10 Å². The van der Waals surface area contributed by atoms with Gasteiger partial charge in [-0.25, -0.2) is 4.79 Å². The second kappa shape index (κ2) is 5.41. The zero-order chi connectivity index (χ0) is 14.0. The van der Waals surface area contributed by atoms with Crippen LogP contribution in [0.2, 0.25) is 0 Å². The van der Waals surface area contributed by atoms with Gasteiger partial charge in [-0.1, -0.05) is 41.4 Å². The Morgan fingerprint density at radius 1 is 1.37 bits per heavy atom. The van der Waals surface area contributed by atoms with Gasteiger partial charge in [0, 0.05) is 0 Å². The number of cyclic esters (lactones) is 1. The Balaban J connectivity index is 2.05. The number of hydrogen-bond acceptors (Lipinski definition) is 4. The Hall–Kier alpha value is -1.23. The monoisotopic (exact) mass is 302 g/mol. The fourth-order valence-electron chi connectivity index (χ4n) is 1.64. The maximum atomic E-state index is 11.3. The van der Waals surface area contributed by atoms with Crippen molar-refractivity contribution >= 4 is 29.2 Å². The highest BCUT2D eigenvalue weighted by atomic mass is 35.5. The van der Waals surface area contributed by atoms with Gasteiger partial charge in [0.25, 0.3) is 0 Å². The first-order valence-corrected chi connectivity index (χ1v) is 6.34. The smallest absolute Gasteiger partial charge is 0.351 e. The highest BCUT2D eigenvalue weighted by molar-refractivity contribution is 6.48. The first-order valence-electron chi connectivity index (χ1n) is 5.58. The molecular weight excluding hydrogens is 291 g/mol. The molecule has 19 heavy (non-hydrogen) atoms. The molecule has 102 valence electrons. The molecule has 0 spiro atoms. The van der Waals surface area contributed by atoms with Crippen molar-refractivity contribution in [3.05, 3.63) is 40.4 Å². The fraction of sp³-hybridized carbons (Fsp3) is 0.308. The summed E-state index contributed by atoms with van der Waals surface area (Å²) in [6.45, 7) is 1.38. The molecule has 0 aromatic heterocycles. The minimum absolute atomic E-state index is 0.00618. The van der Waals surface area contributed by atoms with Crippen molar-refractivity contribution in [1.29, 1.82) is 0 Å². The normalized spacial score (nSPS) is 22.1. The van der Waals surface area contributed by atoms with Crippen LogP contribution in [0.5, 0.6) is 5.75 Å². The summed E-state index contributed by atoms with van der Waals surface area (Å²) in [6.07, 6.45) is -1.02. The van der Waals surface area contributed by atoms with Crippen molar-refractivity contribution in [1.82, 2.24) is 0 Å². The molecule has 6 heteroatoms. The maximum absolute atomic E-state index is 11.3. The van der Waals surface area contributed by atoms with Crippen LogP contribution in [0.15, 0.2) is 40.4 Å². The van der Waals surface area contributed by atoms with E-state index in [0.717, 1.165) is 0 Å². The lowest BCUT2D eigenvalue weighted by Crippen LogP contribution is -2.45. The molecule has 2 atom stereocenters. The molecule has 4 nitrogen and oxygen atoms in total. The highest BCUT2D eigenvalue weighted by Crippen LogP contribution is 2.35. The molecule has 1 N–H and O–H groups in total. The number of para-hydroxylation sites is 1. The van der Waals surface area contributed by atoms with Crippen molar-refractivity contribution in [2.24, 2.45) is 0 Å². The lowest BCUT2D eigenvalue weighted by atomic mass is 10.0. The Bertz CT molecular complexity index is 511. The molecule has 2 rings (SSSR count). The number of hydrogen-bond donors (Lipinski definition) is 1. The lowest BCUT2D eigenvalue weighted by molar-refractivity contribution is -0.151. The Morgan fingerprint density at radius 2 is 2.00 bits per heavy atom. The van der Waals surface area contributed by atoms with Crippen molar-refractivity contribution in [3.63, 3.8) is 0 Å². The summed E-state index contributed by atoms with van der Waals surface area (Å²) in [6, 6.07) is 8.97. The summed E-state index contributed by atoms with van der Waals surface area (Å²) >= 11 is 11.5. The molecule has 0 fully saturated rings. The van der Waals surface area contributed by atoms with Gasteiger partial charge in [0.1, 0.15) is 23.0 Å². The van der Waals surface area contributed by atoms with E-state index in [1.54, 1.807) is 12.1 Å². The van der Waals surface area contributed by atoms with Crippen molar-refractivity contribution < 1.29 is 19.4 Å². The molecule has 0 saturated carbocycles. The zero-order valence-corrected chi connectivity index (χ0v) is 11.6. The first-order chi connectivity index (χ1) is 8.92. The average molecular weight is 303 g/mol. The van der Waals surface area contributed by atoms with E-state index in [9.17, 15) is 9.90 Å². The second-order valence-corrected chi connectivity index (χ2v) is 5.19. The predicted octanol–water partition coefficient (Wildman–Crippen LogP) is 2.43. The van der Waals surface area contributed by atoms with Gasteiger partial charge in [0.05, 0.1) is 5.03 Å². The third-order valence-electron chi connectivity index (χ3n) is 2.68. The number of rotatable bonds is 4. The lowest BCUT2D eigenvalue weighted by Gasteiger charge is -2.28. The second-order valence-electron chi connectivity index (χ2n) is 4.41. The summed E-state index contributed by atoms with van der Waals surface area (Å²) in [5, 5.41) is 10.1. The summed E-state index contributed by atoms with van der Waals surface area (Å²) in [5.74, 6) is -0.144. The van der Waals surface area contributed by atoms with E-state index >= 15 is 0 Å². The van der Waals surface area contributed by atoms with E-state index in [1.807, 2.05) is 18.2 Å². The van der Waals surface area contributed by atoms with Crippen LogP contribution in [0.25, 0.3) is 0 Å². The van der Waals surface area contributed by atoms with Crippen LogP contribution in [0.3, 0.4) is 0 Å². The molecule has 0 radical (unpaired) electrons. The molecule has 1 aliphatic heterocycles. The van der Waals surface area contributed by atoms with Crippen LogP contribution in [0, 0.1) is 0 Å². The third-order valence-corrected chi connectivity index (χ3v) is 3.52. The summed E-state index contributed by atoms with van der Waals surface area (Å²) in [4.78, 5) is 11.3. The molecule has 0 unspecified atom stereocenters. The Kier molecular flexibility index (Phi) is 4.04. The van der Waals surface area contributed by atoms with Crippen LogP contribution < -0.4 is 4.74 Å². The fourth-order valence-corrected chi connectivity index (χ4v) is 2.15. The number of benzene rings is 1. The molecule has 1 aliphatic rings. The molecule has 1 aromatic carbocycles. The van der Waals surface area contributed by atoms with Gasteiger partial charge in [-0.2, -0.15) is 0 Å². The van der Waals surface area contributed by atoms with Crippen LogP contribution >= 0.6 is 23.2 Å². The highest BCUT2D eigenvalue weighted by Gasteiger charge is 2.45. The zero-order valence-electron chi connectivity index (χ0n) is 10.1. The molecule has 0 amide bonds. The van der Waals surface area contributed by atoms with Crippen LogP contribution in [0.4, 0.5) is 0 Å². The molecule has 1 aromatic rings. The minimum atomic E-state index is -1.47. The van der Waals surface area contributed by atoms with Crippen LogP contribution in [-0.4, -0.2) is 29.4 Å². The van der Waals surface area contributed by atoms with Gasteiger partial charge in [-0.05, 0) is 19.1 Å². The topological polar surface area (TPSA) is 55.8 Å². The molecule has 0 aliphatic carbocycles. The molecule has 1 heterocycles. The summed E-state index contributed by atoms with van der Waals surface area (Å²) in [7, 11) is 0. The standard InChI is InChI=1S/C13H12Cl2O4/c1-13(17,7-18-8-5-3-2-4-6-8)11-9(14)10(15)12(16)19-11/h2-6,11,17H,7H2,1H3/t11-,13+/m0/s1. The number of carbonyl (C=O) groups excluding carboxylic acids is 1. The van der Waals surface area contributed by atoms with Gasteiger partial charge < -0.3 is 14.6 Å². The third kappa shape index (κ3) is 3.03. The quantitative estimate of drug-likeness (QED) is 0.868. The first kappa shape index (κ1) is 14.2. The molecular formula is C13H12Cl2O4. The number of aliphatic hydroxyl groups is 1. The van der Waals surface area contributed by atoms with E-state index in [1.165, 1.54) is 6.92 Å². The Morgan fingerprint density at radius 3 is 2.53 bits per heavy atom. The number of esters is 1. The maximum Gasteiger partial charge on any atom is 0.351 e. The number of halogens is 2. The van der Waals surface area contributed by atoms with E-state index in [2.05, 4.69) is 0 Å². The van der Waals surface area contributed by atoms with Gasteiger partial charge in [-0.15, -0.1) is 0 Å². The number of carbonyl (C=O) groups is 1. The van der Waals surface area contributed by atoms with E-state index in [-0.39, 0.29) is 16.7 Å².